The molecule has 0 N–H and O–H groups in total. The van der Waals surface area contributed by atoms with Crippen LogP contribution in [0.1, 0.15) is 5.56 Å². The van der Waals surface area contributed by atoms with E-state index in [1.54, 1.807) is 6.07 Å². The summed E-state index contributed by atoms with van der Waals surface area (Å²) in [5.41, 5.74) is 0.723. The molecule has 0 radical (unpaired) electrons. The molecule has 0 fully saturated rings. The Balaban J connectivity index is 2.85. The van der Waals surface area contributed by atoms with E-state index >= 15 is 0 Å². The van der Waals surface area contributed by atoms with Crippen LogP contribution in [-0.4, -0.2) is 30.7 Å². The normalized spacial score (nSPS) is 9.73. The standard InChI is InChI=1S/C9H12N2O4/c1-14-8-6-10-9(15-2)5-7(8)3-4-11(12)13/h5-6H,3-4H2,1-2H3. The lowest BCUT2D eigenvalue weighted by Gasteiger charge is -2.07. The van der Waals surface area contributed by atoms with Gasteiger partial charge in [-0.2, -0.15) is 0 Å². The highest BCUT2D eigenvalue weighted by Gasteiger charge is 2.08. The van der Waals surface area contributed by atoms with Gasteiger partial charge in [0.25, 0.3) is 0 Å². The van der Waals surface area contributed by atoms with Crippen LogP contribution >= 0.6 is 0 Å². The lowest BCUT2D eigenvalue weighted by Crippen LogP contribution is -2.06. The monoisotopic (exact) mass is 212 g/mol. The Morgan fingerprint density at radius 3 is 2.73 bits per heavy atom. The van der Waals surface area contributed by atoms with Gasteiger partial charge in [0.1, 0.15) is 5.75 Å². The van der Waals surface area contributed by atoms with Gasteiger partial charge in [0.05, 0.1) is 20.4 Å². The van der Waals surface area contributed by atoms with Crippen molar-refractivity contribution in [3.8, 4) is 11.6 Å². The van der Waals surface area contributed by atoms with E-state index in [2.05, 4.69) is 4.98 Å². The summed E-state index contributed by atoms with van der Waals surface area (Å²) >= 11 is 0. The van der Waals surface area contributed by atoms with E-state index in [1.807, 2.05) is 0 Å². The molecule has 0 aliphatic carbocycles. The highest BCUT2D eigenvalue weighted by Crippen LogP contribution is 2.21. The van der Waals surface area contributed by atoms with Crippen LogP contribution in [-0.2, 0) is 6.42 Å². The molecule has 0 aliphatic rings. The van der Waals surface area contributed by atoms with Gasteiger partial charge in [0, 0.05) is 23.0 Å². The van der Waals surface area contributed by atoms with Crippen LogP contribution in [0.2, 0.25) is 0 Å². The van der Waals surface area contributed by atoms with Crippen molar-refractivity contribution >= 4 is 0 Å². The first kappa shape index (κ1) is 11.2. The average molecular weight is 212 g/mol. The molecule has 0 aliphatic heterocycles. The number of nitrogens with zero attached hydrogens (tertiary/aromatic N) is 2. The van der Waals surface area contributed by atoms with Crippen molar-refractivity contribution in [1.82, 2.24) is 4.98 Å². The van der Waals surface area contributed by atoms with Gasteiger partial charge >= 0.3 is 0 Å². The highest BCUT2D eigenvalue weighted by molar-refractivity contribution is 5.34. The summed E-state index contributed by atoms with van der Waals surface area (Å²) in [6.07, 6.45) is 1.79. The maximum atomic E-state index is 10.2. The molecule has 6 heteroatoms. The molecule has 1 rings (SSSR count). The van der Waals surface area contributed by atoms with E-state index in [0.29, 0.717) is 18.1 Å². The molecule has 0 bridgehead atoms. The van der Waals surface area contributed by atoms with Crippen molar-refractivity contribution < 1.29 is 14.4 Å². The first-order valence-electron chi connectivity index (χ1n) is 4.36. The second-order valence-electron chi connectivity index (χ2n) is 2.84. The maximum absolute atomic E-state index is 10.2. The molecule has 0 saturated heterocycles. The fourth-order valence-electron chi connectivity index (χ4n) is 1.17. The summed E-state index contributed by atoms with van der Waals surface area (Å²) in [6, 6.07) is 1.64. The Hall–Kier alpha value is -1.85. The average Bonchev–Trinajstić information content (AvgIpc) is 2.25. The number of hydrogen-bond acceptors (Lipinski definition) is 5. The molecule has 1 aromatic rings. The first-order chi connectivity index (χ1) is 7.17. The van der Waals surface area contributed by atoms with Crippen LogP contribution in [0, 0.1) is 10.1 Å². The van der Waals surface area contributed by atoms with E-state index in [4.69, 9.17) is 9.47 Å². The SMILES string of the molecule is COc1cc(CC[N+](=O)[O-])c(OC)cn1. The number of rotatable bonds is 5. The van der Waals surface area contributed by atoms with Crippen LogP contribution < -0.4 is 9.47 Å². The number of aromatic nitrogens is 1. The molecular formula is C9H12N2O4. The van der Waals surface area contributed by atoms with Gasteiger partial charge in [-0.25, -0.2) is 4.98 Å². The third kappa shape index (κ3) is 3.08. The Morgan fingerprint density at radius 2 is 2.20 bits per heavy atom. The topological polar surface area (TPSA) is 74.5 Å². The molecule has 1 heterocycles. The van der Waals surface area contributed by atoms with Crippen LogP contribution in [0.3, 0.4) is 0 Å². The maximum Gasteiger partial charge on any atom is 0.213 e. The minimum Gasteiger partial charge on any atom is -0.495 e. The van der Waals surface area contributed by atoms with Crippen molar-refractivity contribution in [2.45, 2.75) is 6.42 Å². The summed E-state index contributed by atoms with van der Waals surface area (Å²) in [6.45, 7) is -0.135. The van der Waals surface area contributed by atoms with E-state index in [1.165, 1.54) is 20.4 Å². The van der Waals surface area contributed by atoms with Gasteiger partial charge in [-0.3, -0.25) is 10.1 Å². The summed E-state index contributed by atoms with van der Waals surface area (Å²) in [7, 11) is 2.99. The summed E-state index contributed by atoms with van der Waals surface area (Å²) in [5, 5.41) is 10.2. The van der Waals surface area contributed by atoms with Gasteiger partial charge in [0.2, 0.25) is 12.4 Å². The summed E-state index contributed by atoms with van der Waals surface area (Å²) in [4.78, 5) is 13.8. The zero-order chi connectivity index (χ0) is 11.3. The molecule has 0 aromatic carbocycles. The minimum absolute atomic E-state index is 0.135. The van der Waals surface area contributed by atoms with Crippen molar-refractivity contribution in [2.75, 3.05) is 20.8 Å². The number of methoxy groups -OCH3 is 2. The van der Waals surface area contributed by atoms with Gasteiger partial charge < -0.3 is 9.47 Å². The molecule has 0 spiro atoms. The fraction of sp³-hybridized carbons (Fsp3) is 0.444. The third-order valence-electron chi connectivity index (χ3n) is 1.92. The largest absolute Gasteiger partial charge is 0.495 e. The third-order valence-corrected chi connectivity index (χ3v) is 1.92. The van der Waals surface area contributed by atoms with Crippen LogP contribution in [0.15, 0.2) is 12.3 Å². The molecule has 6 nitrogen and oxygen atoms in total. The number of pyridine rings is 1. The van der Waals surface area contributed by atoms with E-state index in [0.717, 1.165) is 5.56 Å². The summed E-state index contributed by atoms with van der Waals surface area (Å²) < 4.78 is 9.96. The summed E-state index contributed by atoms with van der Waals surface area (Å²) in [5.74, 6) is 0.965. The van der Waals surface area contributed by atoms with Gasteiger partial charge in [-0.15, -0.1) is 0 Å². The Morgan fingerprint density at radius 1 is 1.47 bits per heavy atom. The predicted molar refractivity (Wildman–Crippen MR) is 52.9 cm³/mol. The molecule has 0 amide bonds. The second kappa shape index (κ2) is 5.14. The molecule has 0 atom stereocenters. The molecular weight excluding hydrogens is 200 g/mol. The first-order valence-corrected chi connectivity index (χ1v) is 4.36. The van der Waals surface area contributed by atoms with E-state index < -0.39 is 0 Å². The molecule has 15 heavy (non-hydrogen) atoms. The van der Waals surface area contributed by atoms with Crippen LogP contribution in [0.5, 0.6) is 11.6 Å². The number of hydrogen-bond donors (Lipinski definition) is 0. The lowest BCUT2D eigenvalue weighted by molar-refractivity contribution is -0.479. The van der Waals surface area contributed by atoms with Crippen LogP contribution in [0.4, 0.5) is 0 Å². The van der Waals surface area contributed by atoms with Crippen molar-refractivity contribution in [1.29, 1.82) is 0 Å². The Bertz CT molecular complexity index is 354. The van der Waals surface area contributed by atoms with Crippen LogP contribution in [0.25, 0.3) is 0 Å². The second-order valence-corrected chi connectivity index (χ2v) is 2.84. The smallest absolute Gasteiger partial charge is 0.213 e. The van der Waals surface area contributed by atoms with Gasteiger partial charge in [0.15, 0.2) is 0 Å². The fourth-order valence-corrected chi connectivity index (χ4v) is 1.17. The Kier molecular flexibility index (Phi) is 3.84. The molecule has 82 valence electrons. The zero-order valence-electron chi connectivity index (χ0n) is 8.60. The van der Waals surface area contributed by atoms with E-state index in [-0.39, 0.29) is 11.5 Å². The minimum atomic E-state index is -0.369. The predicted octanol–water partition coefficient (Wildman–Crippen LogP) is 0.918. The lowest BCUT2D eigenvalue weighted by atomic mass is 10.2. The van der Waals surface area contributed by atoms with Gasteiger partial charge in [-0.1, -0.05) is 0 Å². The zero-order valence-corrected chi connectivity index (χ0v) is 8.60. The van der Waals surface area contributed by atoms with Gasteiger partial charge in [-0.05, 0) is 0 Å². The highest BCUT2D eigenvalue weighted by atomic mass is 16.6. The van der Waals surface area contributed by atoms with Crippen molar-refractivity contribution in [2.24, 2.45) is 0 Å². The van der Waals surface area contributed by atoms with Crippen molar-refractivity contribution in [3.63, 3.8) is 0 Å². The number of ether oxygens (including phenoxy) is 2. The van der Waals surface area contributed by atoms with E-state index in [9.17, 15) is 10.1 Å². The molecule has 0 saturated carbocycles. The quantitative estimate of drug-likeness (QED) is 0.536. The number of nitro groups is 1. The molecule has 1 aromatic heterocycles. The molecule has 0 unspecified atom stereocenters. The Labute approximate surface area is 87.0 Å². The van der Waals surface area contributed by atoms with Crippen molar-refractivity contribution in [3.05, 3.63) is 27.9 Å².